The van der Waals surface area contributed by atoms with Gasteiger partial charge < -0.3 is 0 Å². The third-order valence-corrected chi connectivity index (χ3v) is 3.90. The average molecular weight is 330 g/mol. The van der Waals surface area contributed by atoms with Crippen molar-refractivity contribution >= 4 is 22.6 Å². The van der Waals surface area contributed by atoms with E-state index in [0.717, 1.165) is 11.8 Å². The molecule has 1 rings (SSSR count). The van der Waals surface area contributed by atoms with Crippen LogP contribution in [0.3, 0.4) is 0 Å². The zero-order valence-electron chi connectivity index (χ0n) is 11.1. The van der Waals surface area contributed by atoms with Crippen LogP contribution in [0.4, 0.5) is 0 Å². The second-order valence-electron chi connectivity index (χ2n) is 5.57. The molecule has 0 nitrogen and oxygen atoms in total. The summed E-state index contributed by atoms with van der Waals surface area (Å²) in [5, 5.41) is 0. The number of halogens is 1. The molecule has 0 saturated heterocycles. The van der Waals surface area contributed by atoms with Gasteiger partial charge in [-0.1, -0.05) is 33.8 Å². The fraction of sp³-hybridized carbons (Fsp3) is 0.600. The number of hydrogen-bond acceptors (Lipinski definition) is 0. The summed E-state index contributed by atoms with van der Waals surface area (Å²) in [4.78, 5) is 0. The van der Waals surface area contributed by atoms with Gasteiger partial charge in [-0.05, 0) is 76.9 Å². The van der Waals surface area contributed by atoms with Crippen LogP contribution in [0.2, 0.25) is 0 Å². The summed E-state index contributed by atoms with van der Waals surface area (Å²) in [5.74, 6) is 1.48. The molecule has 1 heteroatoms. The van der Waals surface area contributed by atoms with E-state index < -0.39 is 0 Å². The molecule has 16 heavy (non-hydrogen) atoms. The Balaban J connectivity index is 3.06. The molecule has 0 bridgehead atoms. The average Bonchev–Trinajstić information content (AvgIpc) is 2.11. The molecule has 0 aliphatic carbocycles. The second-order valence-corrected chi connectivity index (χ2v) is 6.73. The van der Waals surface area contributed by atoms with Gasteiger partial charge in [-0.3, -0.25) is 0 Å². The van der Waals surface area contributed by atoms with E-state index in [1.54, 1.807) is 11.1 Å². The van der Waals surface area contributed by atoms with Crippen molar-refractivity contribution in [3.8, 4) is 0 Å². The maximum atomic E-state index is 2.45. The first kappa shape index (κ1) is 14.0. The molecule has 0 aromatic heterocycles. The zero-order chi connectivity index (χ0) is 12.3. The summed E-state index contributed by atoms with van der Waals surface area (Å²) in [5.41, 5.74) is 4.53. The molecule has 1 aromatic carbocycles. The fourth-order valence-electron chi connectivity index (χ4n) is 2.04. The lowest BCUT2D eigenvalue weighted by molar-refractivity contribution is 0.615. The predicted molar refractivity (Wildman–Crippen MR) is 81.0 cm³/mol. The Morgan fingerprint density at radius 3 is 1.81 bits per heavy atom. The number of rotatable bonds is 4. The lowest BCUT2D eigenvalue weighted by Gasteiger charge is -2.15. The monoisotopic (exact) mass is 330 g/mol. The quantitative estimate of drug-likeness (QED) is 0.682. The molecule has 0 amide bonds. The number of aryl methyl sites for hydroxylation is 1. The molecule has 0 aliphatic heterocycles. The smallest absolute Gasteiger partial charge is 0.0162 e. The summed E-state index contributed by atoms with van der Waals surface area (Å²) in [6.45, 7) is 11.4. The zero-order valence-corrected chi connectivity index (χ0v) is 13.3. The summed E-state index contributed by atoms with van der Waals surface area (Å²) in [6, 6.07) is 4.77. The van der Waals surface area contributed by atoms with Gasteiger partial charge in [0.1, 0.15) is 0 Å². The molecule has 0 heterocycles. The predicted octanol–water partition coefficient (Wildman–Crippen LogP) is 5.00. The maximum absolute atomic E-state index is 2.45. The Morgan fingerprint density at radius 2 is 1.38 bits per heavy atom. The SMILES string of the molecule is Cc1cc(CC(C)C)c(CC(C)C)cc1I. The van der Waals surface area contributed by atoms with Gasteiger partial charge in [0.05, 0.1) is 0 Å². The molecule has 0 saturated carbocycles. The van der Waals surface area contributed by atoms with E-state index in [-0.39, 0.29) is 0 Å². The highest BCUT2D eigenvalue weighted by molar-refractivity contribution is 14.1. The van der Waals surface area contributed by atoms with Gasteiger partial charge in [-0.25, -0.2) is 0 Å². The highest BCUT2D eigenvalue weighted by atomic mass is 127. The van der Waals surface area contributed by atoms with Crippen LogP contribution in [-0.4, -0.2) is 0 Å². The molecule has 0 radical (unpaired) electrons. The summed E-state index contributed by atoms with van der Waals surface area (Å²) in [6.07, 6.45) is 2.41. The van der Waals surface area contributed by atoms with Gasteiger partial charge in [0.25, 0.3) is 0 Å². The molecule has 0 fully saturated rings. The molecule has 1 aromatic rings. The van der Waals surface area contributed by atoms with E-state index in [1.165, 1.54) is 22.0 Å². The number of benzene rings is 1. The standard InChI is InChI=1S/C15H23I/c1-10(2)6-13-8-12(5)15(16)9-14(13)7-11(3)4/h8-11H,6-7H2,1-5H3. The minimum Gasteiger partial charge on any atom is -0.0625 e. The molecule has 0 N–H and O–H groups in total. The van der Waals surface area contributed by atoms with Gasteiger partial charge >= 0.3 is 0 Å². The van der Waals surface area contributed by atoms with Crippen LogP contribution in [0.1, 0.15) is 44.4 Å². The van der Waals surface area contributed by atoms with Crippen LogP contribution in [0, 0.1) is 22.3 Å². The van der Waals surface area contributed by atoms with E-state index >= 15 is 0 Å². The van der Waals surface area contributed by atoms with Gasteiger partial charge in [-0.15, -0.1) is 0 Å². The Kier molecular flexibility index (Phi) is 5.29. The Labute approximate surface area is 114 Å². The van der Waals surface area contributed by atoms with E-state index in [9.17, 15) is 0 Å². The first-order valence-corrected chi connectivity index (χ1v) is 7.26. The summed E-state index contributed by atoms with van der Waals surface area (Å²) in [7, 11) is 0. The van der Waals surface area contributed by atoms with Crippen molar-refractivity contribution in [3.63, 3.8) is 0 Å². The van der Waals surface area contributed by atoms with Gasteiger partial charge in [0.15, 0.2) is 0 Å². The van der Waals surface area contributed by atoms with E-state index in [1.807, 2.05) is 0 Å². The molecule has 0 unspecified atom stereocenters. The molecule has 0 spiro atoms. The third kappa shape index (κ3) is 4.08. The second kappa shape index (κ2) is 6.04. The fourth-order valence-corrected chi connectivity index (χ4v) is 2.57. The minimum atomic E-state index is 0.740. The van der Waals surface area contributed by atoms with Crippen molar-refractivity contribution in [2.24, 2.45) is 11.8 Å². The molecular formula is C15H23I. The lowest BCUT2D eigenvalue weighted by Crippen LogP contribution is -2.04. The van der Waals surface area contributed by atoms with E-state index in [2.05, 4.69) is 69.3 Å². The number of hydrogen-bond donors (Lipinski definition) is 0. The Hall–Kier alpha value is -0.0500. The van der Waals surface area contributed by atoms with Crippen LogP contribution in [0.25, 0.3) is 0 Å². The van der Waals surface area contributed by atoms with Crippen LogP contribution in [0.5, 0.6) is 0 Å². The topological polar surface area (TPSA) is 0 Å². The largest absolute Gasteiger partial charge is 0.0625 e. The van der Waals surface area contributed by atoms with Crippen molar-refractivity contribution in [1.82, 2.24) is 0 Å². The maximum Gasteiger partial charge on any atom is 0.0162 e. The third-order valence-electron chi connectivity index (χ3n) is 2.74. The molecule has 90 valence electrons. The van der Waals surface area contributed by atoms with Crippen LogP contribution in [0.15, 0.2) is 12.1 Å². The van der Waals surface area contributed by atoms with E-state index in [4.69, 9.17) is 0 Å². The van der Waals surface area contributed by atoms with Crippen LogP contribution >= 0.6 is 22.6 Å². The molecule has 0 atom stereocenters. The van der Waals surface area contributed by atoms with Crippen molar-refractivity contribution in [1.29, 1.82) is 0 Å². The highest BCUT2D eigenvalue weighted by Gasteiger charge is 2.09. The van der Waals surface area contributed by atoms with Crippen molar-refractivity contribution in [3.05, 3.63) is 32.4 Å². The minimum absolute atomic E-state index is 0.740. The van der Waals surface area contributed by atoms with Crippen molar-refractivity contribution < 1.29 is 0 Å². The van der Waals surface area contributed by atoms with Gasteiger partial charge in [0, 0.05) is 3.57 Å². The molecule has 0 aliphatic rings. The Morgan fingerprint density at radius 1 is 0.938 bits per heavy atom. The summed E-state index contributed by atoms with van der Waals surface area (Å²) < 4.78 is 1.40. The Bertz CT molecular complexity index is 316. The van der Waals surface area contributed by atoms with Crippen molar-refractivity contribution in [2.75, 3.05) is 0 Å². The van der Waals surface area contributed by atoms with E-state index in [0.29, 0.717) is 0 Å². The first-order valence-electron chi connectivity index (χ1n) is 6.18. The summed E-state index contributed by atoms with van der Waals surface area (Å²) >= 11 is 2.45. The van der Waals surface area contributed by atoms with Crippen LogP contribution < -0.4 is 0 Å². The van der Waals surface area contributed by atoms with Gasteiger partial charge in [0.2, 0.25) is 0 Å². The van der Waals surface area contributed by atoms with Crippen molar-refractivity contribution in [2.45, 2.75) is 47.5 Å². The lowest BCUT2D eigenvalue weighted by atomic mass is 9.92. The molecular weight excluding hydrogens is 307 g/mol. The highest BCUT2D eigenvalue weighted by Crippen LogP contribution is 2.23. The van der Waals surface area contributed by atoms with Crippen LogP contribution in [-0.2, 0) is 12.8 Å². The normalized spacial score (nSPS) is 11.5. The first-order chi connectivity index (χ1) is 7.40. The van der Waals surface area contributed by atoms with Gasteiger partial charge in [-0.2, -0.15) is 0 Å².